The molecule has 136 valence electrons. The molecule has 2 aromatic carbocycles. The van der Waals surface area contributed by atoms with E-state index in [0.717, 1.165) is 18.5 Å². The van der Waals surface area contributed by atoms with Gasteiger partial charge >= 0.3 is 0 Å². The van der Waals surface area contributed by atoms with Crippen LogP contribution < -0.4 is 16.0 Å². The van der Waals surface area contributed by atoms with Crippen LogP contribution in [0.15, 0.2) is 48.5 Å². The van der Waals surface area contributed by atoms with Crippen LogP contribution >= 0.6 is 0 Å². The topological polar surface area (TPSA) is 75.4 Å². The number of para-hydroxylation sites is 1. The lowest BCUT2D eigenvalue weighted by atomic mass is 9.99. The first-order chi connectivity index (χ1) is 12.5. The van der Waals surface area contributed by atoms with Gasteiger partial charge < -0.3 is 16.0 Å². The molecule has 1 aliphatic heterocycles. The number of rotatable bonds is 5. The van der Waals surface area contributed by atoms with Crippen LogP contribution in [0, 0.1) is 5.92 Å². The average Bonchev–Trinajstić information content (AvgIpc) is 3.10. The molecule has 2 amide bonds. The van der Waals surface area contributed by atoms with E-state index in [0.29, 0.717) is 17.8 Å². The maximum Gasteiger partial charge on any atom is 0.258 e. The first-order valence-electron chi connectivity index (χ1n) is 9.07. The fourth-order valence-electron chi connectivity index (χ4n) is 3.14. The second-order valence-corrected chi connectivity index (χ2v) is 6.81. The van der Waals surface area contributed by atoms with Crippen molar-refractivity contribution in [2.75, 3.05) is 16.8 Å². The SMILES string of the molecule is CCC(C)C(N)C(=O)Nc1ccc(C(=O)N2CCc3ccccc32)cc1. The number of hydrogen-bond donors (Lipinski definition) is 2. The second-order valence-electron chi connectivity index (χ2n) is 6.81. The van der Waals surface area contributed by atoms with Gasteiger partial charge in [0.05, 0.1) is 6.04 Å². The molecule has 1 heterocycles. The Balaban J connectivity index is 1.68. The predicted octanol–water partition coefficient (Wildman–Crippen LogP) is 3.20. The molecule has 0 aliphatic carbocycles. The van der Waals surface area contributed by atoms with Crippen LogP contribution in [0.4, 0.5) is 11.4 Å². The van der Waals surface area contributed by atoms with E-state index in [9.17, 15) is 9.59 Å². The maximum atomic E-state index is 12.8. The molecule has 0 bridgehead atoms. The molecule has 0 radical (unpaired) electrons. The molecule has 0 saturated heterocycles. The number of nitrogens with one attached hydrogen (secondary N) is 1. The molecular weight excluding hydrogens is 326 g/mol. The highest BCUT2D eigenvalue weighted by atomic mass is 16.2. The van der Waals surface area contributed by atoms with Crippen molar-refractivity contribution in [3.8, 4) is 0 Å². The summed E-state index contributed by atoms with van der Waals surface area (Å²) in [5, 5.41) is 2.82. The van der Waals surface area contributed by atoms with Gasteiger partial charge in [-0.3, -0.25) is 9.59 Å². The zero-order chi connectivity index (χ0) is 18.7. The Morgan fingerprint density at radius 2 is 1.85 bits per heavy atom. The van der Waals surface area contributed by atoms with Crippen molar-refractivity contribution in [3.05, 3.63) is 59.7 Å². The number of carbonyl (C=O) groups excluding carboxylic acids is 2. The second kappa shape index (κ2) is 7.70. The van der Waals surface area contributed by atoms with E-state index in [-0.39, 0.29) is 17.7 Å². The molecule has 0 fully saturated rings. The molecule has 3 N–H and O–H groups in total. The number of nitrogens with two attached hydrogens (primary N) is 1. The van der Waals surface area contributed by atoms with Gasteiger partial charge in [0, 0.05) is 23.5 Å². The van der Waals surface area contributed by atoms with E-state index in [2.05, 4.69) is 11.4 Å². The third-order valence-corrected chi connectivity index (χ3v) is 5.09. The van der Waals surface area contributed by atoms with Crippen molar-refractivity contribution in [1.29, 1.82) is 0 Å². The minimum absolute atomic E-state index is 0.0240. The van der Waals surface area contributed by atoms with Crippen LogP contribution in [0.25, 0.3) is 0 Å². The smallest absolute Gasteiger partial charge is 0.258 e. The number of anilines is 2. The van der Waals surface area contributed by atoms with Gasteiger partial charge in [-0.1, -0.05) is 38.5 Å². The fourth-order valence-corrected chi connectivity index (χ4v) is 3.14. The number of nitrogens with zero attached hydrogens (tertiary/aromatic N) is 1. The Morgan fingerprint density at radius 3 is 2.54 bits per heavy atom. The molecule has 0 spiro atoms. The minimum atomic E-state index is -0.539. The summed E-state index contributed by atoms with van der Waals surface area (Å²) in [6.45, 7) is 4.66. The quantitative estimate of drug-likeness (QED) is 0.868. The number of carbonyl (C=O) groups is 2. The van der Waals surface area contributed by atoms with E-state index in [1.807, 2.05) is 36.9 Å². The lowest BCUT2D eigenvalue weighted by Gasteiger charge is -2.19. The molecule has 2 aromatic rings. The van der Waals surface area contributed by atoms with Gasteiger partial charge in [-0.2, -0.15) is 0 Å². The molecular formula is C21H25N3O2. The molecule has 1 aliphatic rings. The lowest BCUT2D eigenvalue weighted by molar-refractivity contribution is -0.118. The number of benzene rings is 2. The summed E-state index contributed by atoms with van der Waals surface area (Å²) in [5.74, 6) is -0.109. The van der Waals surface area contributed by atoms with Crippen LogP contribution in [0.5, 0.6) is 0 Å². The van der Waals surface area contributed by atoms with Gasteiger partial charge in [-0.25, -0.2) is 0 Å². The van der Waals surface area contributed by atoms with Gasteiger partial charge in [0.25, 0.3) is 5.91 Å². The lowest BCUT2D eigenvalue weighted by Crippen LogP contribution is -2.40. The first-order valence-corrected chi connectivity index (χ1v) is 9.07. The zero-order valence-electron chi connectivity index (χ0n) is 15.2. The largest absolute Gasteiger partial charge is 0.325 e. The molecule has 0 aromatic heterocycles. The van der Waals surface area contributed by atoms with E-state index in [1.54, 1.807) is 24.3 Å². The molecule has 2 unspecified atom stereocenters. The molecule has 5 nitrogen and oxygen atoms in total. The number of fused-ring (bicyclic) bond motifs is 1. The maximum absolute atomic E-state index is 12.8. The van der Waals surface area contributed by atoms with Crippen molar-refractivity contribution >= 4 is 23.2 Å². The first kappa shape index (κ1) is 18.1. The van der Waals surface area contributed by atoms with Crippen molar-refractivity contribution in [1.82, 2.24) is 0 Å². The Labute approximate surface area is 154 Å². The fraction of sp³-hybridized carbons (Fsp3) is 0.333. The molecule has 5 heteroatoms. The van der Waals surface area contributed by atoms with Gasteiger partial charge in [0.15, 0.2) is 0 Å². The van der Waals surface area contributed by atoms with Gasteiger partial charge in [0.2, 0.25) is 5.91 Å². The molecule has 26 heavy (non-hydrogen) atoms. The Morgan fingerprint density at radius 1 is 1.15 bits per heavy atom. The third-order valence-electron chi connectivity index (χ3n) is 5.09. The molecule has 0 saturated carbocycles. The summed E-state index contributed by atoms with van der Waals surface area (Å²) in [6.07, 6.45) is 1.73. The Kier molecular flexibility index (Phi) is 5.38. The Bertz CT molecular complexity index is 801. The van der Waals surface area contributed by atoms with Crippen LogP contribution in [-0.4, -0.2) is 24.4 Å². The minimum Gasteiger partial charge on any atom is -0.325 e. The highest BCUT2D eigenvalue weighted by Crippen LogP contribution is 2.29. The van der Waals surface area contributed by atoms with E-state index in [1.165, 1.54) is 5.56 Å². The highest BCUT2D eigenvalue weighted by molar-refractivity contribution is 6.07. The van der Waals surface area contributed by atoms with E-state index < -0.39 is 6.04 Å². The summed E-state index contributed by atoms with van der Waals surface area (Å²) in [7, 11) is 0. The summed E-state index contributed by atoms with van der Waals surface area (Å²) in [6, 6.07) is 14.4. The number of amides is 2. The van der Waals surface area contributed by atoms with Crippen molar-refractivity contribution in [2.24, 2.45) is 11.7 Å². The molecule has 2 atom stereocenters. The Hall–Kier alpha value is -2.66. The monoisotopic (exact) mass is 351 g/mol. The van der Waals surface area contributed by atoms with Crippen LogP contribution in [-0.2, 0) is 11.2 Å². The normalized spacial score (nSPS) is 15.3. The summed E-state index contributed by atoms with van der Waals surface area (Å²) < 4.78 is 0. The highest BCUT2D eigenvalue weighted by Gasteiger charge is 2.25. The van der Waals surface area contributed by atoms with Gasteiger partial charge in [0.1, 0.15) is 0 Å². The standard InChI is InChI=1S/C21H25N3O2/c1-3-14(2)19(22)20(25)23-17-10-8-16(9-11-17)21(26)24-13-12-15-6-4-5-7-18(15)24/h4-11,14,19H,3,12-13,22H2,1-2H3,(H,23,25). The van der Waals surface area contributed by atoms with Crippen LogP contribution in [0.2, 0.25) is 0 Å². The van der Waals surface area contributed by atoms with Crippen LogP contribution in [0.3, 0.4) is 0 Å². The predicted molar refractivity (Wildman–Crippen MR) is 104 cm³/mol. The third kappa shape index (κ3) is 3.63. The summed E-state index contributed by atoms with van der Waals surface area (Å²) in [5.41, 5.74) is 9.38. The van der Waals surface area contributed by atoms with Gasteiger partial charge in [-0.15, -0.1) is 0 Å². The van der Waals surface area contributed by atoms with Gasteiger partial charge in [-0.05, 0) is 48.2 Å². The van der Waals surface area contributed by atoms with Crippen molar-refractivity contribution in [3.63, 3.8) is 0 Å². The average molecular weight is 351 g/mol. The number of hydrogen-bond acceptors (Lipinski definition) is 3. The van der Waals surface area contributed by atoms with Crippen molar-refractivity contribution < 1.29 is 9.59 Å². The zero-order valence-corrected chi connectivity index (χ0v) is 15.2. The van der Waals surface area contributed by atoms with E-state index in [4.69, 9.17) is 5.73 Å². The van der Waals surface area contributed by atoms with Crippen LogP contribution in [0.1, 0.15) is 36.2 Å². The van der Waals surface area contributed by atoms with Crippen molar-refractivity contribution in [2.45, 2.75) is 32.7 Å². The summed E-state index contributed by atoms with van der Waals surface area (Å²) in [4.78, 5) is 26.8. The summed E-state index contributed by atoms with van der Waals surface area (Å²) >= 11 is 0. The van der Waals surface area contributed by atoms with E-state index >= 15 is 0 Å². The molecule has 3 rings (SSSR count).